The minimum absolute atomic E-state index is 0.333. The zero-order chi connectivity index (χ0) is 17.5. The molecule has 0 unspecified atom stereocenters. The largest absolute Gasteiger partial charge is 0.480 e. The van der Waals surface area contributed by atoms with Crippen LogP contribution in [0.4, 0.5) is 0 Å². The van der Waals surface area contributed by atoms with E-state index in [1.165, 1.54) is 0 Å². The highest BCUT2D eigenvalue weighted by Gasteiger charge is 2.17. The van der Waals surface area contributed by atoms with Gasteiger partial charge in [-0.3, -0.25) is 4.79 Å². The topological polar surface area (TPSA) is 58.6 Å². The van der Waals surface area contributed by atoms with Crippen LogP contribution in [-0.2, 0) is 11.3 Å². The molecule has 5 heteroatoms. The number of hydrogen-bond donors (Lipinski definition) is 2. The quantitative estimate of drug-likeness (QED) is 0.676. The SMILES string of the molecule is CC(C)C[C@@H](NCc1ccc(Oc2cccc(Br)c2)cc1)C(=O)O. The maximum atomic E-state index is 11.3. The van der Waals surface area contributed by atoms with Crippen molar-refractivity contribution < 1.29 is 14.6 Å². The van der Waals surface area contributed by atoms with E-state index in [0.29, 0.717) is 18.9 Å². The fraction of sp³-hybridized carbons (Fsp3) is 0.316. The molecule has 4 nitrogen and oxygen atoms in total. The molecular weight excluding hydrogens is 370 g/mol. The Morgan fingerprint density at radius 1 is 1.17 bits per heavy atom. The molecule has 0 aliphatic heterocycles. The molecule has 0 saturated heterocycles. The van der Waals surface area contributed by atoms with Crippen LogP contribution in [0.2, 0.25) is 0 Å². The Morgan fingerprint density at radius 3 is 2.46 bits per heavy atom. The maximum Gasteiger partial charge on any atom is 0.320 e. The highest BCUT2D eigenvalue weighted by molar-refractivity contribution is 9.10. The Balaban J connectivity index is 1.93. The van der Waals surface area contributed by atoms with Crippen LogP contribution >= 0.6 is 15.9 Å². The van der Waals surface area contributed by atoms with E-state index in [9.17, 15) is 9.90 Å². The summed E-state index contributed by atoms with van der Waals surface area (Å²) in [4.78, 5) is 11.3. The van der Waals surface area contributed by atoms with E-state index < -0.39 is 12.0 Å². The molecule has 24 heavy (non-hydrogen) atoms. The van der Waals surface area contributed by atoms with Crippen LogP contribution in [-0.4, -0.2) is 17.1 Å². The van der Waals surface area contributed by atoms with E-state index in [2.05, 4.69) is 21.2 Å². The second-order valence-corrected chi connectivity index (χ2v) is 7.02. The van der Waals surface area contributed by atoms with Gasteiger partial charge in [-0.05, 0) is 48.2 Å². The second kappa shape index (κ2) is 8.85. The molecule has 0 aliphatic rings. The van der Waals surface area contributed by atoms with Gasteiger partial charge >= 0.3 is 5.97 Å². The molecule has 2 aromatic carbocycles. The summed E-state index contributed by atoms with van der Waals surface area (Å²) in [6, 6.07) is 14.8. The fourth-order valence-corrected chi connectivity index (χ4v) is 2.70. The predicted octanol–water partition coefficient (Wildman–Crippen LogP) is 4.83. The molecule has 2 N–H and O–H groups in total. The van der Waals surface area contributed by atoms with Gasteiger partial charge in [-0.15, -0.1) is 0 Å². The Morgan fingerprint density at radius 2 is 1.88 bits per heavy atom. The van der Waals surface area contributed by atoms with Crippen molar-refractivity contribution >= 4 is 21.9 Å². The van der Waals surface area contributed by atoms with Crippen molar-refractivity contribution in [2.45, 2.75) is 32.9 Å². The van der Waals surface area contributed by atoms with E-state index in [1.54, 1.807) is 0 Å². The monoisotopic (exact) mass is 391 g/mol. The lowest BCUT2D eigenvalue weighted by atomic mass is 10.0. The second-order valence-electron chi connectivity index (χ2n) is 6.10. The summed E-state index contributed by atoms with van der Waals surface area (Å²) in [7, 11) is 0. The van der Waals surface area contributed by atoms with Crippen molar-refractivity contribution in [3.63, 3.8) is 0 Å². The normalized spacial score (nSPS) is 12.2. The molecule has 0 radical (unpaired) electrons. The number of rotatable bonds is 8. The highest BCUT2D eigenvalue weighted by Crippen LogP contribution is 2.24. The van der Waals surface area contributed by atoms with E-state index in [-0.39, 0.29) is 0 Å². The van der Waals surface area contributed by atoms with Gasteiger partial charge in [0.25, 0.3) is 0 Å². The van der Waals surface area contributed by atoms with E-state index >= 15 is 0 Å². The van der Waals surface area contributed by atoms with Gasteiger partial charge in [-0.2, -0.15) is 0 Å². The molecule has 0 spiro atoms. The lowest BCUT2D eigenvalue weighted by Gasteiger charge is -2.16. The minimum Gasteiger partial charge on any atom is -0.480 e. The summed E-state index contributed by atoms with van der Waals surface area (Å²) in [6.45, 7) is 4.55. The van der Waals surface area contributed by atoms with E-state index in [4.69, 9.17) is 4.74 Å². The summed E-state index contributed by atoms with van der Waals surface area (Å²) in [5, 5.41) is 12.3. The van der Waals surface area contributed by atoms with Gasteiger partial charge in [0.05, 0.1) is 0 Å². The van der Waals surface area contributed by atoms with Crippen molar-refractivity contribution in [3.8, 4) is 11.5 Å². The first-order chi connectivity index (χ1) is 11.4. The summed E-state index contributed by atoms with van der Waals surface area (Å²) in [5.74, 6) is 1.03. The zero-order valence-corrected chi connectivity index (χ0v) is 15.4. The molecule has 0 fully saturated rings. The summed E-state index contributed by atoms with van der Waals surface area (Å²) >= 11 is 3.41. The van der Waals surface area contributed by atoms with Gasteiger partial charge in [0.2, 0.25) is 0 Å². The number of carbonyl (C=O) groups is 1. The molecule has 0 amide bonds. The molecule has 0 saturated carbocycles. The van der Waals surface area contributed by atoms with Crippen LogP contribution in [0.5, 0.6) is 11.5 Å². The van der Waals surface area contributed by atoms with Gasteiger partial charge in [-0.25, -0.2) is 0 Å². The standard InChI is InChI=1S/C19H22BrNO3/c1-13(2)10-18(19(22)23)21-12-14-6-8-16(9-7-14)24-17-5-3-4-15(20)11-17/h3-9,11,13,18,21H,10,12H2,1-2H3,(H,22,23)/t18-/m1/s1. The number of halogens is 1. The number of hydrogen-bond acceptors (Lipinski definition) is 3. The van der Waals surface area contributed by atoms with Crippen LogP contribution in [0, 0.1) is 5.92 Å². The molecule has 0 aromatic heterocycles. The number of nitrogens with one attached hydrogen (secondary N) is 1. The lowest BCUT2D eigenvalue weighted by molar-refractivity contribution is -0.140. The summed E-state index contributed by atoms with van der Waals surface area (Å²) in [5.41, 5.74) is 1.02. The average molecular weight is 392 g/mol. The molecular formula is C19H22BrNO3. The minimum atomic E-state index is -0.807. The molecule has 0 aliphatic carbocycles. The fourth-order valence-electron chi connectivity index (χ4n) is 2.33. The van der Waals surface area contributed by atoms with Crippen LogP contribution in [0.3, 0.4) is 0 Å². The van der Waals surface area contributed by atoms with Crippen LogP contribution in [0.25, 0.3) is 0 Å². The first kappa shape index (κ1) is 18.5. The highest BCUT2D eigenvalue weighted by atomic mass is 79.9. The van der Waals surface area contributed by atoms with E-state index in [1.807, 2.05) is 62.4 Å². The lowest BCUT2D eigenvalue weighted by Crippen LogP contribution is -2.37. The summed E-state index contributed by atoms with van der Waals surface area (Å²) in [6.07, 6.45) is 0.611. The predicted molar refractivity (Wildman–Crippen MR) is 98.4 cm³/mol. The number of ether oxygens (including phenoxy) is 1. The van der Waals surface area contributed by atoms with Crippen molar-refractivity contribution in [1.29, 1.82) is 0 Å². The zero-order valence-electron chi connectivity index (χ0n) is 13.8. The van der Waals surface area contributed by atoms with Gasteiger partial charge in [0, 0.05) is 11.0 Å². The molecule has 1 atom stereocenters. The van der Waals surface area contributed by atoms with Gasteiger partial charge in [-0.1, -0.05) is 48.0 Å². The Labute approximate surface area is 151 Å². The summed E-state index contributed by atoms with van der Waals surface area (Å²) < 4.78 is 6.75. The first-order valence-corrected chi connectivity index (χ1v) is 8.72. The van der Waals surface area contributed by atoms with Crippen LogP contribution < -0.4 is 10.1 Å². The van der Waals surface area contributed by atoms with Crippen molar-refractivity contribution in [2.75, 3.05) is 0 Å². The molecule has 2 rings (SSSR count). The maximum absolute atomic E-state index is 11.3. The molecule has 2 aromatic rings. The number of carboxylic acid groups (broad SMARTS) is 1. The number of aliphatic carboxylic acids is 1. The number of benzene rings is 2. The van der Waals surface area contributed by atoms with E-state index in [0.717, 1.165) is 21.5 Å². The van der Waals surface area contributed by atoms with Crippen LogP contribution in [0.1, 0.15) is 25.8 Å². The molecule has 0 bridgehead atoms. The van der Waals surface area contributed by atoms with Gasteiger partial charge in [0.1, 0.15) is 17.5 Å². The Kier molecular flexibility index (Phi) is 6.82. The first-order valence-electron chi connectivity index (χ1n) is 7.92. The van der Waals surface area contributed by atoms with Crippen LogP contribution in [0.15, 0.2) is 53.0 Å². The Hall–Kier alpha value is -1.85. The van der Waals surface area contributed by atoms with Crippen molar-refractivity contribution in [3.05, 3.63) is 58.6 Å². The van der Waals surface area contributed by atoms with Crippen molar-refractivity contribution in [2.24, 2.45) is 5.92 Å². The van der Waals surface area contributed by atoms with Gasteiger partial charge < -0.3 is 15.2 Å². The van der Waals surface area contributed by atoms with Crippen molar-refractivity contribution in [1.82, 2.24) is 5.32 Å². The third-order valence-electron chi connectivity index (χ3n) is 3.51. The third kappa shape index (κ3) is 5.98. The molecule has 128 valence electrons. The average Bonchev–Trinajstić information content (AvgIpc) is 2.52. The Bertz CT molecular complexity index is 671. The number of carboxylic acids is 1. The third-order valence-corrected chi connectivity index (χ3v) is 4.01. The molecule has 0 heterocycles. The van der Waals surface area contributed by atoms with Gasteiger partial charge in [0.15, 0.2) is 0 Å². The smallest absolute Gasteiger partial charge is 0.320 e.